The van der Waals surface area contributed by atoms with E-state index in [0.717, 1.165) is 38.5 Å². The van der Waals surface area contributed by atoms with Crippen molar-refractivity contribution in [1.82, 2.24) is 8.61 Å². The van der Waals surface area contributed by atoms with Crippen LogP contribution in [0.15, 0.2) is 52.3 Å². The summed E-state index contributed by atoms with van der Waals surface area (Å²) in [5.41, 5.74) is 1.36. The summed E-state index contributed by atoms with van der Waals surface area (Å²) in [6, 6.07) is 10.7. The van der Waals surface area contributed by atoms with Gasteiger partial charge in [0, 0.05) is 37.4 Å². The quantitative estimate of drug-likeness (QED) is 0.646. The van der Waals surface area contributed by atoms with Crippen molar-refractivity contribution in [2.75, 3.05) is 31.5 Å². The van der Waals surface area contributed by atoms with Crippen molar-refractivity contribution < 1.29 is 21.6 Å². The second-order valence-corrected chi connectivity index (χ2v) is 12.8. The minimum absolute atomic E-state index is 0.105. The summed E-state index contributed by atoms with van der Waals surface area (Å²) in [5, 5.41) is 2.76. The summed E-state index contributed by atoms with van der Waals surface area (Å²) in [5.74, 6) is -0.445. The van der Waals surface area contributed by atoms with E-state index in [9.17, 15) is 21.6 Å². The standard InChI is InChI=1S/C24H31N3O5S2/c1-19-8-11-22(34(31,32)27-16-6-3-7-17-27)18-23(19)24(28)25-20-9-12-21(13-10-20)33(29,30)26-14-4-2-5-15-26/h8-13,18H,2-7,14-17H2,1H3,(H,25,28). The molecule has 2 saturated heterocycles. The van der Waals surface area contributed by atoms with E-state index < -0.39 is 26.0 Å². The van der Waals surface area contributed by atoms with Crippen molar-refractivity contribution in [3.63, 3.8) is 0 Å². The molecule has 0 saturated carbocycles. The number of rotatable bonds is 6. The van der Waals surface area contributed by atoms with Crippen LogP contribution >= 0.6 is 0 Å². The number of amides is 1. The van der Waals surface area contributed by atoms with Crippen molar-refractivity contribution in [2.24, 2.45) is 0 Å². The smallest absolute Gasteiger partial charge is 0.255 e. The van der Waals surface area contributed by atoms with Crippen LogP contribution in [0, 0.1) is 6.92 Å². The zero-order chi connectivity index (χ0) is 24.3. The van der Waals surface area contributed by atoms with Gasteiger partial charge in [-0.05, 0) is 74.6 Å². The summed E-state index contributed by atoms with van der Waals surface area (Å²) in [7, 11) is -7.21. The Labute approximate surface area is 202 Å². The SMILES string of the molecule is Cc1ccc(S(=O)(=O)N2CCCCC2)cc1C(=O)Nc1ccc(S(=O)(=O)N2CCCCC2)cc1. The summed E-state index contributed by atoms with van der Waals surface area (Å²) in [6.07, 6.45) is 5.45. The molecule has 2 fully saturated rings. The van der Waals surface area contributed by atoms with Gasteiger partial charge in [-0.15, -0.1) is 0 Å². The van der Waals surface area contributed by atoms with E-state index in [-0.39, 0.29) is 15.4 Å². The second-order valence-electron chi connectivity index (χ2n) is 8.88. The summed E-state index contributed by atoms with van der Waals surface area (Å²) < 4.78 is 54.7. The Morgan fingerprint density at radius 1 is 0.706 bits per heavy atom. The molecule has 0 aromatic heterocycles. The van der Waals surface area contributed by atoms with E-state index in [4.69, 9.17) is 0 Å². The van der Waals surface area contributed by atoms with Crippen LogP contribution in [0.2, 0.25) is 0 Å². The average molecular weight is 506 g/mol. The lowest BCUT2D eigenvalue weighted by Crippen LogP contribution is -2.35. The second kappa shape index (κ2) is 10.2. The number of carbonyl (C=O) groups excluding carboxylic acids is 1. The first-order valence-corrected chi connectivity index (χ1v) is 14.6. The Morgan fingerprint density at radius 2 is 1.18 bits per heavy atom. The third-order valence-corrected chi connectivity index (χ3v) is 10.3. The molecule has 2 aliphatic rings. The summed E-state index contributed by atoms with van der Waals surface area (Å²) in [6.45, 7) is 3.78. The van der Waals surface area contributed by atoms with Crippen LogP contribution in [0.5, 0.6) is 0 Å². The van der Waals surface area contributed by atoms with Crippen LogP contribution in [0.25, 0.3) is 0 Å². The van der Waals surface area contributed by atoms with Gasteiger partial charge >= 0.3 is 0 Å². The molecule has 2 aromatic carbocycles. The van der Waals surface area contributed by atoms with E-state index in [1.54, 1.807) is 25.1 Å². The third kappa shape index (κ3) is 5.19. The minimum Gasteiger partial charge on any atom is -0.322 e. The molecule has 2 aliphatic heterocycles. The minimum atomic E-state index is -3.66. The van der Waals surface area contributed by atoms with Gasteiger partial charge in [0.15, 0.2) is 0 Å². The van der Waals surface area contributed by atoms with Gasteiger partial charge in [-0.3, -0.25) is 4.79 Å². The Morgan fingerprint density at radius 3 is 1.71 bits per heavy atom. The van der Waals surface area contributed by atoms with E-state index in [1.165, 1.54) is 32.9 Å². The summed E-state index contributed by atoms with van der Waals surface area (Å²) in [4.78, 5) is 13.3. The fourth-order valence-corrected chi connectivity index (χ4v) is 7.48. The largest absolute Gasteiger partial charge is 0.322 e. The number of sulfonamides is 2. The lowest BCUT2D eigenvalue weighted by atomic mass is 10.1. The molecule has 0 radical (unpaired) electrons. The van der Waals surface area contributed by atoms with Gasteiger partial charge in [-0.1, -0.05) is 18.9 Å². The number of aryl methyl sites for hydroxylation is 1. The third-order valence-electron chi connectivity index (χ3n) is 6.47. The monoisotopic (exact) mass is 505 g/mol. The number of piperidine rings is 2. The maximum absolute atomic E-state index is 13.0. The number of nitrogens with zero attached hydrogens (tertiary/aromatic N) is 2. The average Bonchev–Trinajstić information content (AvgIpc) is 2.85. The maximum Gasteiger partial charge on any atom is 0.255 e. The van der Waals surface area contributed by atoms with E-state index in [1.807, 2.05) is 0 Å². The molecule has 184 valence electrons. The van der Waals surface area contributed by atoms with Crippen LogP contribution in [-0.2, 0) is 20.0 Å². The maximum atomic E-state index is 13.0. The number of anilines is 1. The van der Waals surface area contributed by atoms with Gasteiger partial charge in [0.05, 0.1) is 9.79 Å². The molecule has 1 N–H and O–H groups in total. The van der Waals surface area contributed by atoms with Crippen molar-refractivity contribution in [1.29, 1.82) is 0 Å². The molecule has 2 heterocycles. The molecule has 10 heteroatoms. The van der Waals surface area contributed by atoms with Crippen molar-refractivity contribution >= 4 is 31.6 Å². The predicted octanol–water partition coefficient (Wildman–Crippen LogP) is 3.60. The topological polar surface area (TPSA) is 104 Å². The van der Waals surface area contributed by atoms with Gasteiger partial charge in [-0.25, -0.2) is 16.8 Å². The molecule has 0 spiro atoms. The van der Waals surface area contributed by atoms with E-state index in [2.05, 4.69) is 5.32 Å². The van der Waals surface area contributed by atoms with Crippen LogP contribution in [-0.4, -0.2) is 57.5 Å². The zero-order valence-corrected chi connectivity index (χ0v) is 21.0. The highest BCUT2D eigenvalue weighted by atomic mass is 32.2. The van der Waals surface area contributed by atoms with Gasteiger partial charge < -0.3 is 5.32 Å². The first kappa shape index (κ1) is 24.8. The molecule has 0 bridgehead atoms. The van der Waals surface area contributed by atoms with E-state index in [0.29, 0.717) is 37.4 Å². The Bertz CT molecular complexity index is 1250. The molecule has 0 aliphatic carbocycles. The highest BCUT2D eigenvalue weighted by Gasteiger charge is 2.28. The molecule has 8 nitrogen and oxygen atoms in total. The van der Waals surface area contributed by atoms with Crippen molar-refractivity contribution in [3.05, 3.63) is 53.6 Å². The van der Waals surface area contributed by atoms with Crippen LogP contribution in [0.4, 0.5) is 5.69 Å². The molecule has 2 aromatic rings. The van der Waals surface area contributed by atoms with Gasteiger partial charge in [0.2, 0.25) is 20.0 Å². The fraction of sp³-hybridized carbons (Fsp3) is 0.458. The Hall–Kier alpha value is -2.27. The Balaban J connectivity index is 1.51. The van der Waals surface area contributed by atoms with Gasteiger partial charge in [0.1, 0.15) is 0 Å². The van der Waals surface area contributed by atoms with Crippen LogP contribution in [0.1, 0.15) is 54.4 Å². The van der Waals surface area contributed by atoms with Crippen molar-refractivity contribution in [3.8, 4) is 0 Å². The molecular weight excluding hydrogens is 474 g/mol. The van der Waals surface area contributed by atoms with Crippen LogP contribution in [0.3, 0.4) is 0 Å². The zero-order valence-electron chi connectivity index (χ0n) is 19.4. The first-order valence-electron chi connectivity index (χ1n) is 11.7. The molecule has 0 atom stereocenters. The Kier molecular flexibility index (Phi) is 7.42. The highest BCUT2D eigenvalue weighted by molar-refractivity contribution is 7.89. The lowest BCUT2D eigenvalue weighted by Gasteiger charge is -2.26. The highest BCUT2D eigenvalue weighted by Crippen LogP contribution is 2.25. The number of benzene rings is 2. The first-order chi connectivity index (χ1) is 16.2. The number of carbonyl (C=O) groups is 1. The molecule has 1 amide bonds. The van der Waals surface area contributed by atoms with Gasteiger partial charge in [-0.2, -0.15) is 8.61 Å². The molecule has 34 heavy (non-hydrogen) atoms. The molecule has 0 unspecified atom stereocenters. The number of nitrogens with one attached hydrogen (secondary N) is 1. The normalized spacial score (nSPS) is 18.5. The number of hydrogen-bond acceptors (Lipinski definition) is 5. The fourth-order valence-electron chi connectivity index (χ4n) is 4.42. The molecular formula is C24H31N3O5S2. The van der Waals surface area contributed by atoms with Crippen LogP contribution < -0.4 is 5.32 Å². The van der Waals surface area contributed by atoms with Gasteiger partial charge in [0.25, 0.3) is 5.91 Å². The number of hydrogen-bond donors (Lipinski definition) is 1. The predicted molar refractivity (Wildman–Crippen MR) is 131 cm³/mol. The van der Waals surface area contributed by atoms with Crippen molar-refractivity contribution in [2.45, 2.75) is 55.2 Å². The lowest BCUT2D eigenvalue weighted by molar-refractivity contribution is 0.102. The van der Waals surface area contributed by atoms with E-state index >= 15 is 0 Å². The molecule has 4 rings (SSSR count). The summed E-state index contributed by atoms with van der Waals surface area (Å²) >= 11 is 0.